The molecule has 1 aliphatic heterocycles. The van der Waals surface area contributed by atoms with Gasteiger partial charge in [0.25, 0.3) is 0 Å². The highest BCUT2D eigenvalue weighted by Crippen LogP contribution is 2.36. The van der Waals surface area contributed by atoms with Gasteiger partial charge in [-0.25, -0.2) is 9.59 Å². The summed E-state index contributed by atoms with van der Waals surface area (Å²) in [4.78, 5) is 26.3. The number of carbonyl (C=O) groups excluding carboxylic acids is 2. The Bertz CT molecular complexity index is 2150. The maximum Gasteiger partial charge on any atom is 0.331 e. The van der Waals surface area contributed by atoms with Crippen molar-refractivity contribution in [2.45, 2.75) is 57.9 Å². The van der Waals surface area contributed by atoms with E-state index in [9.17, 15) is 9.59 Å². The normalized spacial score (nSPS) is 14.4. The number of hydrogen-bond acceptors (Lipinski definition) is 11. The summed E-state index contributed by atoms with van der Waals surface area (Å²) < 4.78 is 49.7. The topological polar surface area (TPSA) is 138 Å². The molecule has 0 aromatic heterocycles. The number of benzene rings is 4. The number of rotatable bonds is 25. The number of ether oxygens (including phenoxy) is 9. The zero-order chi connectivity index (χ0) is 45.1. The van der Waals surface area contributed by atoms with Crippen LogP contribution in [-0.4, -0.2) is 101 Å². The van der Waals surface area contributed by atoms with E-state index in [2.05, 4.69) is 48.6 Å². The first-order valence-electron chi connectivity index (χ1n) is 21.7. The molecule has 13 heteroatoms. The Morgan fingerprint density at radius 1 is 0.603 bits per heavy atom. The lowest BCUT2D eigenvalue weighted by Gasteiger charge is -2.35. The highest BCUT2D eigenvalue weighted by Gasteiger charge is 2.33. The number of aryl methyl sites for hydroxylation is 3. The van der Waals surface area contributed by atoms with E-state index in [0.717, 1.165) is 98.8 Å². The van der Waals surface area contributed by atoms with Crippen molar-refractivity contribution in [3.05, 3.63) is 112 Å². The summed E-state index contributed by atoms with van der Waals surface area (Å²) >= 11 is 0. The van der Waals surface area contributed by atoms with Crippen LogP contribution in [0.3, 0.4) is 0 Å². The molecule has 4 aromatic rings. The highest BCUT2D eigenvalue weighted by molar-refractivity contribution is 5.91. The summed E-state index contributed by atoms with van der Waals surface area (Å²) in [5.74, 6) is 3.96. The summed E-state index contributed by atoms with van der Waals surface area (Å²) in [7, 11) is 11.6. The van der Waals surface area contributed by atoms with E-state index < -0.39 is 11.9 Å². The van der Waals surface area contributed by atoms with Crippen LogP contribution in [-0.2, 0) is 51.2 Å². The molecule has 0 aliphatic carbocycles. The lowest BCUT2D eigenvalue weighted by molar-refractivity contribution is -0.934. The Morgan fingerprint density at radius 3 is 1.79 bits per heavy atom. The first-order valence-corrected chi connectivity index (χ1v) is 21.7. The Hall–Kier alpha value is -5.92. The average Bonchev–Trinajstić information content (AvgIpc) is 3.31. The second-order valence-corrected chi connectivity index (χ2v) is 15.5. The Balaban J connectivity index is 1.03. The SMILES string of the molecule is COc1cc(CC[NH2+]CCCOC(=O)/C=C/C(=O)OCCC[NH+]2CCc3cc(OC)c(OC)cc3[C@H]2Cc2ccc(OC)c(OC)c2)c(CCc2ccc(OC)c(OC)c2)cc1C. The van der Waals surface area contributed by atoms with Crippen molar-refractivity contribution in [3.8, 4) is 40.2 Å². The van der Waals surface area contributed by atoms with Gasteiger partial charge in [-0.15, -0.1) is 0 Å². The number of fused-ring (bicyclic) bond motifs is 1. The molecule has 0 fully saturated rings. The number of nitrogens with two attached hydrogens (primary N) is 1. The highest BCUT2D eigenvalue weighted by atomic mass is 16.5. The standard InChI is InChI=1S/C50H64N2O11/c1-34-27-37(14-11-35-12-15-42(55-2)45(29-35)58-5)38(31-44(34)57-4)19-22-51-21-9-25-62-49(53)17-18-50(54)63-26-10-23-52-24-20-39-32-47(60-7)48(61-8)33-40(39)41(52)28-36-13-16-43(56-3)46(30-36)59-6/h12-13,15-18,27,29-33,41,51H,9-11,14,19-26,28H2,1-8H3/p+2/b18-17+/t41-/m1/s1. The maximum atomic E-state index is 12.5. The number of methoxy groups -OCH3 is 7. The molecule has 3 N–H and O–H groups in total. The third-order valence-corrected chi connectivity index (χ3v) is 11.6. The summed E-state index contributed by atoms with van der Waals surface area (Å²) in [6.07, 6.45) is 7.87. The van der Waals surface area contributed by atoms with Crippen LogP contribution in [0.25, 0.3) is 0 Å². The molecule has 4 aromatic carbocycles. The molecular formula is C50H66N2O11+2. The van der Waals surface area contributed by atoms with Crippen molar-refractivity contribution in [2.75, 3.05) is 89.2 Å². The van der Waals surface area contributed by atoms with Gasteiger partial charge in [0.1, 0.15) is 11.8 Å². The first-order chi connectivity index (χ1) is 30.6. The van der Waals surface area contributed by atoms with Crippen LogP contribution in [0.15, 0.2) is 72.8 Å². The Morgan fingerprint density at radius 2 is 1.16 bits per heavy atom. The smallest absolute Gasteiger partial charge is 0.331 e. The van der Waals surface area contributed by atoms with Gasteiger partial charge >= 0.3 is 11.9 Å². The molecule has 1 heterocycles. The van der Waals surface area contributed by atoms with E-state index in [1.165, 1.54) is 32.7 Å². The Kier molecular flexibility index (Phi) is 18.8. The summed E-state index contributed by atoms with van der Waals surface area (Å²) in [6.45, 7) is 5.92. The molecule has 5 rings (SSSR count). The quantitative estimate of drug-likeness (QED) is 0.0541. The zero-order valence-corrected chi connectivity index (χ0v) is 38.3. The predicted octanol–water partition coefficient (Wildman–Crippen LogP) is 4.79. The number of carbonyl (C=O) groups is 2. The third-order valence-electron chi connectivity index (χ3n) is 11.6. The van der Waals surface area contributed by atoms with Gasteiger partial charge in [-0.1, -0.05) is 18.2 Å². The number of hydrogen-bond donors (Lipinski definition) is 2. The second-order valence-electron chi connectivity index (χ2n) is 15.5. The van der Waals surface area contributed by atoms with Gasteiger partial charge in [0.2, 0.25) is 0 Å². The molecule has 0 bridgehead atoms. The Labute approximate surface area is 372 Å². The van der Waals surface area contributed by atoms with Crippen LogP contribution < -0.4 is 43.4 Å². The van der Waals surface area contributed by atoms with Gasteiger partial charge in [0.05, 0.1) is 89.2 Å². The maximum absolute atomic E-state index is 12.5. The number of esters is 2. The van der Waals surface area contributed by atoms with Crippen molar-refractivity contribution in [3.63, 3.8) is 0 Å². The van der Waals surface area contributed by atoms with Crippen molar-refractivity contribution in [1.29, 1.82) is 0 Å². The van der Waals surface area contributed by atoms with Gasteiger partial charge in [0, 0.05) is 49.8 Å². The van der Waals surface area contributed by atoms with Crippen LogP contribution in [0, 0.1) is 6.92 Å². The minimum Gasteiger partial charge on any atom is -0.496 e. The van der Waals surface area contributed by atoms with Crippen LogP contribution in [0.5, 0.6) is 40.2 Å². The van der Waals surface area contributed by atoms with E-state index in [0.29, 0.717) is 35.8 Å². The molecule has 13 nitrogen and oxygen atoms in total. The number of quaternary nitrogens is 2. The molecule has 0 saturated heterocycles. The fourth-order valence-corrected chi connectivity index (χ4v) is 8.26. The van der Waals surface area contributed by atoms with Gasteiger partial charge in [-0.05, 0) is 95.6 Å². The molecule has 340 valence electrons. The summed E-state index contributed by atoms with van der Waals surface area (Å²) in [5, 5.41) is 2.22. The fraction of sp³-hybridized carbons (Fsp3) is 0.440. The van der Waals surface area contributed by atoms with Crippen molar-refractivity contribution in [1.82, 2.24) is 0 Å². The lowest BCUT2D eigenvalue weighted by Crippen LogP contribution is -3.13. The molecule has 0 amide bonds. The monoisotopic (exact) mass is 870 g/mol. The van der Waals surface area contributed by atoms with Gasteiger partial charge in [-0.2, -0.15) is 0 Å². The minimum atomic E-state index is -0.575. The van der Waals surface area contributed by atoms with Crippen LogP contribution in [0.1, 0.15) is 57.8 Å². The fourth-order valence-electron chi connectivity index (χ4n) is 8.26. The molecular weight excluding hydrogens is 805 g/mol. The molecule has 1 aliphatic rings. The van der Waals surface area contributed by atoms with Crippen LogP contribution in [0.4, 0.5) is 0 Å². The van der Waals surface area contributed by atoms with Crippen LogP contribution >= 0.6 is 0 Å². The summed E-state index contributed by atoms with van der Waals surface area (Å²) in [6, 6.07) is 20.7. The average molecular weight is 871 g/mol. The molecule has 1 unspecified atom stereocenters. The first kappa shape index (κ1) is 48.1. The zero-order valence-electron chi connectivity index (χ0n) is 38.3. The second kappa shape index (κ2) is 24.6. The predicted molar refractivity (Wildman–Crippen MR) is 240 cm³/mol. The third kappa shape index (κ3) is 13.5. The van der Waals surface area contributed by atoms with E-state index in [-0.39, 0.29) is 19.3 Å². The molecule has 0 saturated carbocycles. The molecule has 0 spiro atoms. The molecule has 0 radical (unpaired) electrons. The van der Waals surface area contributed by atoms with Crippen molar-refractivity contribution < 1.29 is 62.4 Å². The van der Waals surface area contributed by atoms with Gasteiger partial charge in [0.15, 0.2) is 34.5 Å². The van der Waals surface area contributed by atoms with Crippen molar-refractivity contribution >= 4 is 11.9 Å². The lowest BCUT2D eigenvalue weighted by atomic mass is 9.88. The largest absolute Gasteiger partial charge is 0.496 e. The minimum absolute atomic E-state index is 0.117. The number of nitrogens with one attached hydrogen (secondary N) is 1. The van der Waals surface area contributed by atoms with E-state index in [4.69, 9.17) is 42.6 Å². The summed E-state index contributed by atoms with van der Waals surface area (Å²) in [5.41, 5.74) is 8.40. The van der Waals surface area contributed by atoms with E-state index >= 15 is 0 Å². The van der Waals surface area contributed by atoms with Gasteiger partial charge in [-0.3, -0.25) is 0 Å². The van der Waals surface area contributed by atoms with Crippen LogP contribution in [0.2, 0.25) is 0 Å². The van der Waals surface area contributed by atoms with E-state index in [1.807, 2.05) is 24.3 Å². The molecule has 63 heavy (non-hydrogen) atoms. The van der Waals surface area contributed by atoms with Crippen molar-refractivity contribution in [2.24, 2.45) is 0 Å². The van der Waals surface area contributed by atoms with Gasteiger partial charge < -0.3 is 52.8 Å². The van der Waals surface area contributed by atoms with E-state index in [1.54, 1.807) is 49.8 Å². The molecule has 2 atom stereocenters.